The van der Waals surface area contributed by atoms with Gasteiger partial charge in [0.1, 0.15) is 22.8 Å². The lowest BCUT2D eigenvalue weighted by Crippen LogP contribution is -2.48. The number of nitro groups is 1. The number of H-pyrrole nitrogens is 1. The fraction of sp³-hybridized carbons (Fsp3) is 0.417. The minimum Gasteiger partial charge on any atom is -0.455 e. The highest BCUT2D eigenvalue weighted by Gasteiger charge is 2.43. The van der Waals surface area contributed by atoms with Crippen LogP contribution in [-0.2, 0) is 14.8 Å². The number of fused-ring (bicyclic) bond motifs is 1. The lowest BCUT2D eigenvalue weighted by atomic mass is 9.71. The van der Waals surface area contributed by atoms with Gasteiger partial charge in [-0.15, -0.1) is 0 Å². The first-order chi connectivity index (χ1) is 30.6. The van der Waals surface area contributed by atoms with Crippen LogP contribution in [0.1, 0.15) is 74.7 Å². The molecule has 0 bridgehead atoms. The van der Waals surface area contributed by atoms with Gasteiger partial charge in [0.25, 0.3) is 21.6 Å². The maximum absolute atomic E-state index is 14.0. The van der Waals surface area contributed by atoms with Gasteiger partial charge in [-0.3, -0.25) is 19.8 Å². The Hall–Kier alpha value is -5.48. The van der Waals surface area contributed by atoms with Crippen molar-refractivity contribution < 1.29 is 27.6 Å². The third kappa shape index (κ3) is 9.21. The predicted molar refractivity (Wildman–Crippen MR) is 249 cm³/mol. The third-order valence-electron chi connectivity index (χ3n) is 13.8. The van der Waals surface area contributed by atoms with E-state index in [0.717, 1.165) is 113 Å². The van der Waals surface area contributed by atoms with E-state index in [-0.39, 0.29) is 33.9 Å². The number of carbonyl (C=O) groups excluding carboxylic acids is 1. The molecule has 2 aromatic heterocycles. The summed E-state index contributed by atoms with van der Waals surface area (Å²) in [6, 6.07) is 20.8. The molecule has 2 aliphatic heterocycles. The van der Waals surface area contributed by atoms with Crippen molar-refractivity contribution in [3.63, 3.8) is 0 Å². The zero-order valence-electron chi connectivity index (χ0n) is 36.4. The topological polar surface area (TPSA) is 163 Å². The number of sulfonamides is 1. The molecule has 0 unspecified atom stereocenters. The van der Waals surface area contributed by atoms with Crippen LogP contribution in [0.15, 0.2) is 95.7 Å². The van der Waals surface area contributed by atoms with Gasteiger partial charge < -0.3 is 24.3 Å². The molecule has 0 radical (unpaired) electrons. The number of hydrogen-bond acceptors (Lipinski definition) is 11. The predicted octanol–water partition coefficient (Wildman–Crippen LogP) is 9.22. The number of rotatable bonds is 12. The quantitative estimate of drug-likeness (QED) is 0.0907. The van der Waals surface area contributed by atoms with Gasteiger partial charge in [-0.25, -0.2) is 18.1 Å². The third-order valence-corrected chi connectivity index (χ3v) is 15.4. The summed E-state index contributed by atoms with van der Waals surface area (Å²) in [4.78, 5) is 39.5. The largest absolute Gasteiger partial charge is 0.455 e. The van der Waals surface area contributed by atoms with Gasteiger partial charge in [0.05, 0.1) is 34.8 Å². The van der Waals surface area contributed by atoms with E-state index in [1.807, 2.05) is 23.1 Å². The number of benzene rings is 3. The summed E-state index contributed by atoms with van der Waals surface area (Å²) in [5.41, 5.74) is 5.97. The van der Waals surface area contributed by atoms with Crippen molar-refractivity contribution in [1.29, 1.82) is 0 Å². The molecule has 0 atom stereocenters. The Labute approximate surface area is 378 Å². The Morgan fingerprint density at radius 1 is 1.02 bits per heavy atom. The number of nitrogens with zero attached hydrogens (tertiary/aromatic N) is 5. The van der Waals surface area contributed by atoms with Crippen molar-refractivity contribution in [2.75, 3.05) is 62.8 Å². The molecular formula is C48H54ClN7O7S. The molecule has 64 heavy (non-hydrogen) atoms. The number of aromatic nitrogens is 2. The second-order valence-electron chi connectivity index (χ2n) is 18.7. The average molecular weight is 909 g/mol. The standard InChI is InChI=1S/C48H54ClN7O7S/c1-47(2)16-12-34(41(27-47)32-4-6-35(49)7-5-32)29-54-20-22-55(23-21-54)37-8-10-40(44(25-37)63-38-24-33-15-19-50-45(33)51-28-38)46(57)52-64(60,61)39-9-11-42(43(26-39)56(58)59)53(3)36-13-17-48(18-14-36)30-62-31-48/h4-11,15,19,24-26,28,36H,12-14,16-18,20-23,27,29-31H2,1-3H3,(H,50,51)(H,52,57). The number of ether oxygens (including phenoxy) is 2. The number of pyridine rings is 1. The summed E-state index contributed by atoms with van der Waals surface area (Å²) in [7, 11) is -2.76. The highest BCUT2D eigenvalue weighted by Crippen LogP contribution is 2.46. The van der Waals surface area contributed by atoms with E-state index in [4.69, 9.17) is 21.1 Å². The summed E-state index contributed by atoms with van der Waals surface area (Å²) < 4.78 is 41.7. The van der Waals surface area contributed by atoms with E-state index < -0.39 is 25.7 Å². The molecule has 5 aromatic rings. The Bertz CT molecular complexity index is 2720. The molecular weight excluding hydrogens is 854 g/mol. The molecule has 1 saturated carbocycles. The van der Waals surface area contributed by atoms with Crippen molar-refractivity contribution in [2.24, 2.45) is 10.8 Å². The number of anilines is 2. The molecule has 2 saturated heterocycles. The van der Waals surface area contributed by atoms with Crippen LogP contribution in [0.3, 0.4) is 0 Å². The Kier molecular flexibility index (Phi) is 12.0. The fourth-order valence-corrected chi connectivity index (χ4v) is 10.9. The SMILES string of the molecule is CN(c1ccc(S(=O)(=O)NC(=O)c2ccc(N3CCN(CC4=C(c5ccc(Cl)cc5)CC(C)(C)CC4)CC3)cc2Oc2cnc3[nH]ccc3c2)cc1[N+](=O)[O-])C1CCC2(CC1)COC2. The number of halogens is 1. The van der Waals surface area contributed by atoms with Gasteiger partial charge in [0, 0.05) is 85.7 Å². The fourth-order valence-electron chi connectivity index (χ4n) is 9.81. The van der Waals surface area contributed by atoms with E-state index in [2.05, 4.69) is 50.5 Å². The molecule has 1 spiro atoms. The number of hydrogen-bond donors (Lipinski definition) is 2. The van der Waals surface area contributed by atoms with Crippen LogP contribution in [0, 0.1) is 20.9 Å². The smallest absolute Gasteiger partial charge is 0.293 e. The van der Waals surface area contributed by atoms with Crippen LogP contribution >= 0.6 is 11.6 Å². The summed E-state index contributed by atoms with van der Waals surface area (Å²) in [6.07, 6.45) is 10.1. The minimum absolute atomic E-state index is 0.0280. The number of nitro benzene ring substituents is 1. The van der Waals surface area contributed by atoms with Gasteiger partial charge in [-0.1, -0.05) is 43.2 Å². The van der Waals surface area contributed by atoms with Crippen LogP contribution in [0.2, 0.25) is 5.02 Å². The van der Waals surface area contributed by atoms with E-state index >= 15 is 0 Å². The summed E-state index contributed by atoms with van der Waals surface area (Å²) in [5.74, 6) is -0.448. The van der Waals surface area contributed by atoms with Crippen LogP contribution in [0.25, 0.3) is 16.6 Å². The van der Waals surface area contributed by atoms with Crippen molar-refractivity contribution >= 4 is 61.2 Å². The van der Waals surface area contributed by atoms with Gasteiger partial charge >= 0.3 is 0 Å². The molecule has 3 fully saturated rings. The second-order valence-corrected chi connectivity index (χ2v) is 20.9. The minimum atomic E-state index is -4.57. The Morgan fingerprint density at radius 3 is 2.47 bits per heavy atom. The Balaban J connectivity index is 0.931. The van der Waals surface area contributed by atoms with Crippen molar-refractivity contribution in [3.05, 3.63) is 117 Å². The number of piperazine rings is 1. The first-order valence-corrected chi connectivity index (χ1v) is 23.9. The van der Waals surface area contributed by atoms with Crippen LogP contribution in [0.4, 0.5) is 17.1 Å². The summed E-state index contributed by atoms with van der Waals surface area (Å²) in [5, 5.41) is 13.9. The number of allylic oxidation sites excluding steroid dienone is 1. The van der Waals surface area contributed by atoms with Gasteiger partial charge in [-0.05, 0) is 110 Å². The van der Waals surface area contributed by atoms with E-state index in [1.54, 1.807) is 37.5 Å². The van der Waals surface area contributed by atoms with Gasteiger partial charge in [0.15, 0.2) is 0 Å². The molecule has 14 nitrogen and oxygen atoms in total. The van der Waals surface area contributed by atoms with Crippen molar-refractivity contribution in [1.82, 2.24) is 19.6 Å². The van der Waals surface area contributed by atoms with E-state index in [1.165, 1.54) is 35.0 Å². The zero-order valence-corrected chi connectivity index (χ0v) is 38.0. The lowest BCUT2D eigenvalue weighted by Gasteiger charge is -2.48. The highest BCUT2D eigenvalue weighted by molar-refractivity contribution is 7.90. The van der Waals surface area contributed by atoms with E-state index in [0.29, 0.717) is 17.1 Å². The number of carbonyl (C=O) groups is 1. The highest BCUT2D eigenvalue weighted by atomic mass is 35.5. The van der Waals surface area contributed by atoms with Crippen molar-refractivity contribution in [3.8, 4) is 11.5 Å². The molecule has 2 N–H and O–H groups in total. The van der Waals surface area contributed by atoms with Crippen LogP contribution in [0.5, 0.6) is 11.5 Å². The van der Waals surface area contributed by atoms with Crippen molar-refractivity contribution in [2.45, 2.75) is 69.7 Å². The summed E-state index contributed by atoms with van der Waals surface area (Å²) in [6.45, 7) is 10.2. The number of nitrogens with one attached hydrogen (secondary N) is 2. The van der Waals surface area contributed by atoms with Gasteiger partial charge in [0.2, 0.25) is 0 Å². The molecule has 9 rings (SSSR count). The van der Waals surface area contributed by atoms with E-state index in [9.17, 15) is 23.3 Å². The monoisotopic (exact) mass is 907 g/mol. The molecule has 336 valence electrons. The average Bonchev–Trinajstić information content (AvgIpc) is 3.74. The van der Waals surface area contributed by atoms with Crippen LogP contribution in [-0.4, -0.2) is 93.1 Å². The molecule has 16 heteroatoms. The number of aromatic amines is 1. The zero-order chi connectivity index (χ0) is 44.8. The molecule has 1 amide bonds. The lowest BCUT2D eigenvalue weighted by molar-refractivity contribution is -0.384. The molecule has 4 heterocycles. The molecule has 3 aromatic carbocycles. The second kappa shape index (κ2) is 17.5. The first kappa shape index (κ1) is 43.8. The maximum atomic E-state index is 14.0. The maximum Gasteiger partial charge on any atom is 0.293 e. The number of amides is 1. The molecule has 4 aliphatic rings. The molecule has 2 aliphatic carbocycles. The summed E-state index contributed by atoms with van der Waals surface area (Å²) >= 11 is 6.25. The van der Waals surface area contributed by atoms with Gasteiger partial charge in [-0.2, -0.15) is 0 Å². The van der Waals surface area contributed by atoms with Crippen LogP contribution < -0.4 is 19.3 Å². The normalized spacial score (nSPS) is 19.1. The Morgan fingerprint density at radius 2 is 1.77 bits per heavy atom. The first-order valence-electron chi connectivity index (χ1n) is 22.0.